The number of nitrogens with two attached hydrogens (primary N) is 1. The minimum absolute atomic E-state index is 0.557. The van der Waals surface area contributed by atoms with Crippen molar-refractivity contribution in [2.75, 3.05) is 6.54 Å². The minimum atomic E-state index is 0.557. The number of nitrogens with one attached hydrogen (secondary N) is 1. The summed E-state index contributed by atoms with van der Waals surface area (Å²) >= 11 is 3.47. The number of aryl methyl sites for hydroxylation is 1. The molecule has 3 nitrogen and oxygen atoms in total. The molecule has 0 saturated heterocycles. The van der Waals surface area contributed by atoms with E-state index in [1.807, 2.05) is 6.07 Å². The van der Waals surface area contributed by atoms with Gasteiger partial charge < -0.3 is 11.1 Å². The number of hydrogen-bond acceptors (Lipinski definition) is 1. The lowest BCUT2D eigenvalue weighted by molar-refractivity contribution is 0.315. The molecule has 1 fully saturated rings. The summed E-state index contributed by atoms with van der Waals surface area (Å²) in [6.07, 6.45) is 4.01. The van der Waals surface area contributed by atoms with Gasteiger partial charge in [0, 0.05) is 11.0 Å². The number of benzene rings is 1. The van der Waals surface area contributed by atoms with Crippen molar-refractivity contribution in [1.82, 2.24) is 5.32 Å². The molecule has 98 valence electrons. The number of hydrogen-bond donors (Lipinski definition) is 2. The Morgan fingerprint density at radius 3 is 2.94 bits per heavy atom. The van der Waals surface area contributed by atoms with Crippen LogP contribution >= 0.6 is 15.9 Å². The van der Waals surface area contributed by atoms with Crippen LogP contribution in [0.15, 0.2) is 27.7 Å². The van der Waals surface area contributed by atoms with E-state index in [1.54, 1.807) is 0 Å². The Balaban J connectivity index is 1.86. The van der Waals surface area contributed by atoms with Gasteiger partial charge in [-0.25, -0.2) is 4.99 Å². The van der Waals surface area contributed by atoms with E-state index in [1.165, 1.54) is 30.4 Å². The molecule has 1 aliphatic carbocycles. The second kappa shape index (κ2) is 6.23. The average molecular weight is 310 g/mol. The summed E-state index contributed by atoms with van der Waals surface area (Å²) in [5.41, 5.74) is 8.31. The maximum Gasteiger partial charge on any atom is 0.188 e. The van der Waals surface area contributed by atoms with Gasteiger partial charge in [-0.05, 0) is 48.9 Å². The Bertz CT molecular complexity index is 439. The van der Waals surface area contributed by atoms with Crippen LogP contribution in [0.5, 0.6) is 0 Å². The standard InChI is InChI=1S/C14H20BrN3/c1-10-5-6-13(15)7-12(10)9-18-14(16)17-8-11-3-2-4-11/h5-7,11H,2-4,8-9H2,1H3,(H3,16,17,18). The number of rotatable bonds is 4. The van der Waals surface area contributed by atoms with Crippen LogP contribution in [0.1, 0.15) is 30.4 Å². The minimum Gasteiger partial charge on any atom is -0.370 e. The molecule has 0 unspecified atom stereocenters. The predicted octanol–water partition coefficient (Wildman–Crippen LogP) is 2.96. The van der Waals surface area contributed by atoms with Gasteiger partial charge in [0.15, 0.2) is 5.96 Å². The monoisotopic (exact) mass is 309 g/mol. The largest absolute Gasteiger partial charge is 0.370 e. The molecule has 0 aromatic heterocycles. The number of aliphatic imine (C=N–C) groups is 1. The van der Waals surface area contributed by atoms with E-state index in [9.17, 15) is 0 Å². The van der Waals surface area contributed by atoms with Crippen LogP contribution in [0.3, 0.4) is 0 Å². The van der Waals surface area contributed by atoms with Crippen LogP contribution in [-0.4, -0.2) is 12.5 Å². The van der Waals surface area contributed by atoms with Gasteiger partial charge in [-0.15, -0.1) is 0 Å². The fraction of sp³-hybridized carbons (Fsp3) is 0.500. The van der Waals surface area contributed by atoms with E-state index < -0.39 is 0 Å². The Hall–Kier alpha value is -1.03. The molecule has 0 bridgehead atoms. The first-order valence-electron chi connectivity index (χ1n) is 6.44. The van der Waals surface area contributed by atoms with Crippen molar-refractivity contribution in [2.45, 2.75) is 32.7 Å². The molecule has 4 heteroatoms. The average Bonchev–Trinajstić information content (AvgIpc) is 2.28. The Labute approximate surface area is 117 Å². The quantitative estimate of drug-likeness (QED) is 0.663. The van der Waals surface area contributed by atoms with Crippen molar-refractivity contribution in [1.29, 1.82) is 0 Å². The molecule has 18 heavy (non-hydrogen) atoms. The summed E-state index contributed by atoms with van der Waals surface area (Å²) < 4.78 is 1.08. The lowest BCUT2D eigenvalue weighted by Gasteiger charge is -2.25. The zero-order valence-corrected chi connectivity index (χ0v) is 12.3. The van der Waals surface area contributed by atoms with Crippen LogP contribution in [-0.2, 0) is 6.54 Å². The summed E-state index contributed by atoms with van der Waals surface area (Å²) in [6, 6.07) is 6.23. The van der Waals surface area contributed by atoms with E-state index in [4.69, 9.17) is 5.73 Å². The van der Waals surface area contributed by atoms with Gasteiger partial charge in [-0.3, -0.25) is 0 Å². The van der Waals surface area contributed by atoms with Crippen LogP contribution in [0.2, 0.25) is 0 Å². The van der Waals surface area contributed by atoms with E-state index >= 15 is 0 Å². The maximum atomic E-state index is 5.86. The first kappa shape index (κ1) is 13.4. The van der Waals surface area contributed by atoms with Crippen molar-refractivity contribution in [3.63, 3.8) is 0 Å². The molecule has 0 spiro atoms. The van der Waals surface area contributed by atoms with Crippen molar-refractivity contribution >= 4 is 21.9 Å². The van der Waals surface area contributed by atoms with E-state index in [-0.39, 0.29) is 0 Å². The topological polar surface area (TPSA) is 50.4 Å². The predicted molar refractivity (Wildman–Crippen MR) is 79.5 cm³/mol. The fourth-order valence-corrected chi connectivity index (χ4v) is 2.39. The van der Waals surface area contributed by atoms with Crippen LogP contribution in [0, 0.1) is 12.8 Å². The van der Waals surface area contributed by atoms with Crippen LogP contribution in [0.25, 0.3) is 0 Å². The lowest BCUT2D eigenvalue weighted by atomic mass is 9.85. The summed E-state index contributed by atoms with van der Waals surface area (Å²) in [5.74, 6) is 1.35. The Kier molecular flexibility index (Phi) is 4.64. The number of guanidine groups is 1. The molecular formula is C14H20BrN3. The molecule has 1 aliphatic rings. The van der Waals surface area contributed by atoms with E-state index in [0.29, 0.717) is 12.5 Å². The molecule has 1 saturated carbocycles. The first-order chi connectivity index (χ1) is 8.65. The highest BCUT2D eigenvalue weighted by molar-refractivity contribution is 9.10. The molecule has 2 rings (SSSR count). The summed E-state index contributed by atoms with van der Waals surface area (Å²) in [6.45, 7) is 3.69. The number of halogens is 1. The van der Waals surface area contributed by atoms with Gasteiger partial charge in [0.05, 0.1) is 6.54 Å². The molecule has 0 heterocycles. The maximum absolute atomic E-state index is 5.86. The molecule has 1 aromatic rings. The first-order valence-corrected chi connectivity index (χ1v) is 7.23. The molecule has 0 atom stereocenters. The van der Waals surface area contributed by atoms with E-state index in [0.717, 1.165) is 16.9 Å². The van der Waals surface area contributed by atoms with Gasteiger partial charge in [-0.1, -0.05) is 28.4 Å². The molecular weight excluding hydrogens is 290 g/mol. The zero-order chi connectivity index (χ0) is 13.0. The second-order valence-electron chi connectivity index (χ2n) is 4.95. The highest BCUT2D eigenvalue weighted by atomic mass is 79.9. The normalized spacial score (nSPS) is 16.4. The van der Waals surface area contributed by atoms with Crippen LogP contribution < -0.4 is 11.1 Å². The summed E-state index contributed by atoms with van der Waals surface area (Å²) in [4.78, 5) is 4.39. The van der Waals surface area contributed by atoms with Crippen molar-refractivity contribution in [3.05, 3.63) is 33.8 Å². The fourth-order valence-electron chi connectivity index (χ4n) is 1.98. The Morgan fingerprint density at radius 1 is 1.50 bits per heavy atom. The Morgan fingerprint density at radius 2 is 2.28 bits per heavy atom. The number of nitrogens with zero attached hydrogens (tertiary/aromatic N) is 1. The molecule has 0 aliphatic heterocycles. The highest BCUT2D eigenvalue weighted by Gasteiger charge is 2.16. The van der Waals surface area contributed by atoms with Gasteiger partial charge in [-0.2, -0.15) is 0 Å². The van der Waals surface area contributed by atoms with Gasteiger partial charge in [0.2, 0.25) is 0 Å². The third-order valence-electron chi connectivity index (χ3n) is 3.53. The van der Waals surface area contributed by atoms with Crippen LogP contribution in [0.4, 0.5) is 0 Å². The van der Waals surface area contributed by atoms with Gasteiger partial charge in [0.1, 0.15) is 0 Å². The van der Waals surface area contributed by atoms with Crippen molar-refractivity contribution < 1.29 is 0 Å². The highest BCUT2D eigenvalue weighted by Crippen LogP contribution is 2.25. The van der Waals surface area contributed by atoms with Gasteiger partial charge >= 0.3 is 0 Å². The molecule has 0 amide bonds. The molecule has 1 aromatic carbocycles. The van der Waals surface area contributed by atoms with Crippen molar-refractivity contribution in [3.8, 4) is 0 Å². The summed E-state index contributed by atoms with van der Waals surface area (Å²) in [5, 5.41) is 3.20. The van der Waals surface area contributed by atoms with E-state index in [2.05, 4.69) is 45.3 Å². The third kappa shape index (κ3) is 3.73. The molecule has 3 N–H and O–H groups in total. The van der Waals surface area contributed by atoms with Gasteiger partial charge in [0.25, 0.3) is 0 Å². The molecule has 0 radical (unpaired) electrons. The summed E-state index contributed by atoms with van der Waals surface area (Å²) in [7, 11) is 0. The zero-order valence-electron chi connectivity index (χ0n) is 10.7. The second-order valence-corrected chi connectivity index (χ2v) is 5.87. The lowest BCUT2D eigenvalue weighted by Crippen LogP contribution is -2.37. The smallest absolute Gasteiger partial charge is 0.188 e. The van der Waals surface area contributed by atoms with Crippen molar-refractivity contribution in [2.24, 2.45) is 16.6 Å². The third-order valence-corrected chi connectivity index (χ3v) is 4.02. The SMILES string of the molecule is Cc1ccc(Br)cc1CN=C(N)NCC1CCC1.